The van der Waals surface area contributed by atoms with Crippen molar-refractivity contribution in [2.45, 2.75) is 26.6 Å². The summed E-state index contributed by atoms with van der Waals surface area (Å²) in [6.45, 7) is 3.73. The summed E-state index contributed by atoms with van der Waals surface area (Å²) in [6, 6.07) is 1.82. The van der Waals surface area contributed by atoms with Gasteiger partial charge in [0.2, 0.25) is 0 Å². The number of rotatable bonds is 7. The molecule has 3 aromatic rings. The van der Waals surface area contributed by atoms with Gasteiger partial charge in [0.05, 0.1) is 36.6 Å². The zero-order valence-corrected chi connectivity index (χ0v) is 17.2. The lowest BCUT2D eigenvalue weighted by Crippen LogP contribution is -2.28. The number of alkyl halides is 1. The smallest absolute Gasteiger partial charge is 0.255 e. The van der Waals surface area contributed by atoms with Crippen LogP contribution in [0.15, 0.2) is 24.8 Å². The van der Waals surface area contributed by atoms with Crippen LogP contribution < -0.4 is 15.0 Å². The Morgan fingerprint density at radius 2 is 2.10 bits per heavy atom. The van der Waals surface area contributed by atoms with Gasteiger partial charge in [-0.1, -0.05) is 0 Å². The molecule has 0 spiro atoms. The number of pyridine rings is 1. The summed E-state index contributed by atoms with van der Waals surface area (Å²) in [5, 5.41) is 2.60. The fourth-order valence-electron chi connectivity index (χ4n) is 3.13. The molecule has 3 heterocycles. The number of fused-ring (bicyclic) bond motifs is 1. The van der Waals surface area contributed by atoms with Gasteiger partial charge >= 0.3 is 0 Å². The third kappa shape index (κ3) is 4.28. The third-order valence-corrected chi connectivity index (χ3v) is 4.62. The number of aromatic nitrogens is 4. The molecule has 0 saturated carbocycles. The number of halogens is 1. The van der Waals surface area contributed by atoms with E-state index in [1.165, 1.54) is 13.3 Å². The van der Waals surface area contributed by atoms with Crippen LogP contribution in [0.1, 0.15) is 28.5 Å². The van der Waals surface area contributed by atoms with Gasteiger partial charge in [0.25, 0.3) is 5.91 Å². The fourth-order valence-corrected chi connectivity index (χ4v) is 3.13. The number of nitrogens with one attached hydrogen (secondary N) is 1. The Kier molecular flexibility index (Phi) is 5.95. The SMILES string of the molecule is COc1cnc2c(C(=O)NCC(C)F)cn(Cc3ncnc(N(C)C)c3C)c2c1. The summed E-state index contributed by atoms with van der Waals surface area (Å²) >= 11 is 0. The molecule has 3 rings (SSSR count). The molecular weight excluding hydrogens is 375 g/mol. The van der Waals surface area contributed by atoms with Crippen LogP contribution >= 0.6 is 0 Å². The van der Waals surface area contributed by atoms with Crippen molar-refractivity contribution in [3.63, 3.8) is 0 Å². The van der Waals surface area contributed by atoms with Gasteiger partial charge in [-0.2, -0.15) is 0 Å². The molecule has 0 saturated heterocycles. The van der Waals surface area contributed by atoms with E-state index in [1.807, 2.05) is 36.6 Å². The molecular formula is C20H25FN6O2. The molecule has 1 N–H and O–H groups in total. The molecule has 1 unspecified atom stereocenters. The fraction of sp³-hybridized carbons (Fsp3) is 0.400. The maximum Gasteiger partial charge on any atom is 0.255 e. The van der Waals surface area contributed by atoms with Gasteiger partial charge in [0, 0.05) is 38.5 Å². The summed E-state index contributed by atoms with van der Waals surface area (Å²) < 4.78 is 20.3. The first kappa shape index (κ1) is 20.5. The Morgan fingerprint density at radius 3 is 2.76 bits per heavy atom. The van der Waals surface area contributed by atoms with Crippen molar-refractivity contribution in [1.29, 1.82) is 0 Å². The first-order chi connectivity index (χ1) is 13.8. The van der Waals surface area contributed by atoms with Crippen LogP contribution in [0, 0.1) is 6.92 Å². The summed E-state index contributed by atoms with van der Waals surface area (Å²) in [5.41, 5.74) is 3.41. The number of hydrogen-bond donors (Lipinski definition) is 1. The highest BCUT2D eigenvalue weighted by Crippen LogP contribution is 2.25. The summed E-state index contributed by atoms with van der Waals surface area (Å²) in [4.78, 5) is 27.7. The van der Waals surface area contributed by atoms with Gasteiger partial charge in [0.15, 0.2) is 0 Å². The van der Waals surface area contributed by atoms with Crippen LogP contribution in [-0.2, 0) is 6.54 Å². The van der Waals surface area contributed by atoms with E-state index in [2.05, 4.69) is 20.3 Å². The third-order valence-electron chi connectivity index (χ3n) is 4.62. The molecule has 0 fully saturated rings. The van der Waals surface area contributed by atoms with E-state index in [0.29, 0.717) is 23.4 Å². The first-order valence-electron chi connectivity index (χ1n) is 9.24. The average molecular weight is 400 g/mol. The zero-order chi connectivity index (χ0) is 21.1. The molecule has 9 heteroatoms. The molecule has 1 amide bonds. The number of ether oxygens (including phenoxy) is 1. The predicted octanol–water partition coefficient (Wildman–Crippen LogP) is 2.35. The number of anilines is 1. The molecule has 8 nitrogen and oxygen atoms in total. The van der Waals surface area contributed by atoms with Crippen LogP contribution in [-0.4, -0.2) is 59.3 Å². The van der Waals surface area contributed by atoms with E-state index < -0.39 is 6.17 Å². The van der Waals surface area contributed by atoms with E-state index in [0.717, 1.165) is 22.6 Å². The Labute approximate surface area is 168 Å². The molecule has 1 atom stereocenters. The van der Waals surface area contributed by atoms with Crippen LogP contribution in [0.2, 0.25) is 0 Å². The minimum absolute atomic E-state index is 0.0567. The van der Waals surface area contributed by atoms with Gasteiger partial charge < -0.3 is 19.5 Å². The van der Waals surface area contributed by atoms with Gasteiger partial charge in [0.1, 0.15) is 29.6 Å². The van der Waals surface area contributed by atoms with Crippen molar-refractivity contribution in [1.82, 2.24) is 24.8 Å². The van der Waals surface area contributed by atoms with E-state index in [1.54, 1.807) is 19.5 Å². The van der Waals surface area contributed by atoms with Gasteiger partial charge in [-0.3, -0.25) is 4.79 Å². The van der Waals surface area contributed by atoms with Crippen LogP contribution in [0.3, 0.4) is 0 Å². The highest BCUT2D eigenvalue weighted by atomic mass is 19.1. The normalized spacial score (nSPS) is 12.1. The second kappa shape index (κ2) is 8.42. The second-order valence-corrected chi connectivity index (χ2v) is 7.07. The van der Waals surface area contributed by atoms with Gasteiger partial charge in [-0.25, -0.2) is 19.3 Å². The molecule has 29 heavy (non-hydrogen) atoms. The maximum atomic E-state index is 13.2. The topological polar surface area (TPSA) is 85.2 Å². The lowest BCUT2D eigenvalue weighted by atomic mass is 10.2. The van der Waals surface area contributed by atoms with Gasteiger partial charge in [-0.05, 0) is 13.8 Å². The number of hydrogen-bond acceptors (Lipinski definition) is 6. The summed E-state index contributed by atoms with van der Waals surface area (Å²) in [7, 11) is 5.41. The quantitative estimate of drug-likeness (QED) is 0.655. The lowest BCUT2D eigenvalue weighted by molar-refractivity contribution is 0.0945. The highest BCUT2D eigenvalue weighted by Gasteiger charge is 2.19. The largest absolute Gasteiger partial charge is 0.495 e. The van der Waals surface area contributed by atoms with Crippen molar-refractivity contribution >= 4 is 22.8 Å². The Hall–Kier alpha value is -3.23. The Morgan fingerprint density at radius 1 is 1.34 bits per heavy atom. The van der Waals surface area contributed by atoms with Crippen molar-refractivity contribution in [2.24, 2.45) is 0 Å². The molecule has 0 aliphatic heterocycles. The zero-order valence-electron chi connectivity index (χ0n) is 17.2. The minimum Gasteiger partial charge on any atom is -0.495 e. The molecule has 154 valence electrons. The highest BCUT2D eigenvalue weighted by molar-refractivity contribution is 6.05. The van der Waals surface area contributed by atoms with Gasteiger partial charge in [-0.15, -0.1) is 0 Å². The molecule has 0 radical (unpaired) electrons. The van der Waals surface area contributed by atoms with Crippen molar-refractivity contribution in [2.75, 3.05) is 32.6 Å². The monoisotopic (exact) mass is 400 g/mol. The number of amides is 1. The van der Waals surface area contributed by atoms with E-state index in [4.69, 9.17) is 4.74 Å². The second-order valence-electron chi connectivity index (χ2n) is 7.07. The lowest BCUT2D eigenvalue weighted by Gasteiger charge is -2.16. The van der Waals surface area contributed by atoms with Crippen LogP contribution in [0.25, 0.3) is 11.0 Å². The van der Waals surface area contributed by atoms with E-state index in [9.17, 15) is 9.18 Å². The molecule has 3 aromatic heterocycles. The van der Waals surface area contributed by atoms with Crippen molar-refractivity contribution < 1.29 is 13.9 Å². The number of carbonyl (C=O) groups excluding carboxylic acids is 1. The van der Waals surface area contributed by atoms with E-state index in [-0.39, 0.29) is 12.5 Å². The predicted molar refractivity (Wildman–Crippen MR) is 109 cm³/mol. The minimum atomic E-state index is -1.13. The maximum absolute atomic E-state index is 13.2. The number of carbonyl (C=O) groups is 1. The summed E-state index contributed by atoms with van der Waals surface area (Å²) in [5.74, 6) is 1.04. The Bertz CT molecular complexity index is 1030. The molecule has 0 aliphatic carbocycles. The van der Waals surface area contributed by atoms with Crippen LogP contribution in [0.4, 0.5) is 10.2 Å². The average Bonchev–Trinajstić information content (AvgIpc) is 3.05. The summed E-state index contributed by atoms with van der Waals surface area (Å²) in [6.07, 6.45) is 3.67. The molecule has 0 aliphatic rings. The first-order valence-corrected chi connectivity index (χ1v) is 9.24. The molecule has 0 bridgehead atoms. The van der Waals surface area contributed by atoms with Crippen LogP contribution in [0.5, 0.6) is 5.75 Å². The standard InChI is InChI=1S/C20H25FN6O2/c1-12(21)7-23-20(28)15-9-27(17-6-14(29-5)8-22-18(15)17)10-16-13(2)19(26(3)4)25-11-24-16/h6,8-9,11-12H,7,10H2,1-5H3,(H,23,28). The Balaban J connectivity index is 2.05. The van der Waals surface area contributed by atoms with Crippen molar-refractivity contribution in [3.8, 4) is 5.75 Å². The van der Waals surface area contributed by atoms with E-state index >= 15 is 0 Å². The number of nitrogens with zero attached hydrogens (tertiary/aromatic N) is 5. The number of methoxy groups -OCH3 is 1. The van der Waals surface area contributed by atoms with Crippen molar-refractivity contribution in [3.05, 3.63) is 41.6 Å². The molecule has 0 aromatic carbocycles.